The van der Waals surface area contributed by atoms with E-state index >= 15 is 0 Å². The molecule has 0 fully saturated rings. The van der Waals surface area contributed by atoms with E-state index in [0.717, 1.165) is 24.9 Å². The lowest BCUT2D eigenvalue weighted by molar-refractivity contribution is 0.0580. The van der Waals surface area contributed by atoms with Crippen LogP contribution in [0, 0.1) is 0 Å². The van der Waals surface area contributed by atoms with Crippen LogP contribution in [0.15, 0.2) is 28.7 Å². The summed E-state index contributed by atoms with van der Waals surface area (Å²) >= 11 is 5.99. The highest BCUT2D eigenvalue weighted by atomic mass is 35.5. The number of Topliss-reactive ketones (excluding diaryl/α,β-unsaturated/α-hetero) is 1. The second-order valence-corrected chi connectivity index (χ2v) is 5.86. The van der Waals surface area contributed by atoms with Crippen LogP contribution in [0.2, 0.25) is 5.02 Å². The zero-order chi connectivity index (χ0) is 15.6. The molecule has 0 aliphatic heterocycles. The second-order valence-electron chi connectivity index (χ2n) is 5.42. The van der Waals surface area contributed by atoms with E-state index in [1.165, 1.54) is 0 Å². The Morgan fingerprint density at radius 2 is 1.90 bits per heavy atom. The maximum absolute atomic E-state index is 12.9. The number of hydrogen-bond acceptors (Lipinski definition) is 3. The minimum absolute atomic E-state index is 0.0287. The molecule has 1 unspecified atom stereocenters. The first kappa shape index (κ1) is 16.1. The molecule has 1 atom stereocenters. The van der Waals surface area contributed by atoms with E-state index in [4.69, 9.17) is 16.0 Å². The molecule has 0 N–H and O–H groups in total. The molecule has 0 bridgehead atoms. The van der Waals surface area contributed by atoms with Crippen molar-refractivity contribution < 1.29 is 9.21 Å². The average Bonchev–Trinajstić information content (AvgIpc) is 2.90. The molecule has 0 aliphatic rings. The summed E-state index contributed by atoms with van der Waals surface area (Å²) in [6, 6.07) is 7.18. The fourth-order valence-corrected chi connectivity index (χ4v) is 3.02. The van der Waals surface area contributed by atoms with Crippen molar-refractivity contribution in [3.63, 3.8) is 0 Å². The molecule has 0 amide bonds. The first-order valence-corrected chi connectivity index (χ1v) is 7.83. The molecule has 21 heavy (non-hydrogen) atoms. The van der Waals surface area contributed by atoms with Crippen LogP contribution >= 0.6 is 11.6 Å². The van der Waals surface area contributed by atoms with Crippen molar-refractivity contribution >= 4 is 28.4 Å². The van der Waals surface area contributed by atoms with Gasteiger partial charge in [-0.15, -0.1) is 0 Å². The molecule has 2 aromatic rings. The van der Waals surface area contributed by atoms with Crippen LogP contribution in [0.5, 0.6) is 0 Å². The molecule has 1 aromatic carbocycles. The highest BCUT2D eigenvalue weighted by molar-refractivity contribution is 6.31. The molecule has 4 heteroatoms. The first-order valence-electron chi connectivity index (χ1n) is 7.45. The maximum atomic E-state index is 12.9. The lowest BCUT2D eigenvalue weighted by Crippen LogP contribution is -2.51. The summed E-state index contributed by atoms with van der Waals surface area (Å²) in [4.78, 5) is 15.1. The van der Waals surface area contributed by atoms with Gasteiger partial charge in [0.2, 0.25) is 5.78 Å². The Kier molecular flexibility index (Phi) is 4.74. The van der Waals surface area contributed by atoms with Crippen molar-refractivity contribution in [1.29, 1.82) is 0 Å². The first-order chi connectivity index (χ1) is 9.96. The van der Waals surface area contributed by atoms with Crippen molar-refractivity contribution in [3.05, 3.63) is 35.0 Å². The van der Waals surface area contributed by atoms with Gasteiger partial charge in [0, 0.05) is 10.4 Å². The number of halogens is 1. The van der Waals surface area contributed by atoms with Crippen molar-refractivity contribution in [2.75, 3.05) is 13.1 Å². The molecule has 0 spiro atoms. The van der Waals surface area contributed by atoms with Gasteiger partial charge in [0.05, 0.1) is 5.54 Å². The summed E-state index contributed by atoms with van der Waals surface area (Å²) < 4.78 is 5.74. The van der Waals surface area contributed by atoms with Gasteiger partial charge in [0.15, 0.2) is 5.76 Å². The van der Waals surface area contributed by atoms with Crippen LogP contribution in [0.25, 0.3) is 11.0 Å². The minimum atomic E-state index is -0.541. The van der Waals surface area contributed by atoms with E-state index in [0.29, 0.717) is 16.4 Å². The van der Waals surface area contributed by atoms with Crippen LogP contribution in [-0.2, 0) is 0 Å². The molecule has 3 nitrogen and oxygen atoms in total. The van der Waals surface area contributed by atoms with Crippen LogP contribution in [0.4, 0.5) is 0 Å². The molecule has 0 aliphatic carbocycles. The number of carbonyl (C=O) groups is 1. The fourth-order valence-electron chi connectivity index (χ4n) is 2.84. The standard InChI is InChI=1S/C17H22ClNO2/c1-5-17(4,19(6-2)7-3)16(20)15-11-12-10-13(18)8-9-14(12)21-15/h8-11H,5-7H2,1-4H3. The number of ketones is 1. The topological polar surface area (TPSA) is 33.5 Å². The summed E-state index contributed by atoms with van der Waals surface area (Å²) in [6.45, 7) is 9.84. The van der Waals surface area contributed by atoms with Crippen LogP contribution in [0.3, 0.4) is 0 Å². The van der Waals surface area contributed by atoms with Crippen LogP contribution in [0.1, 0.15) is 44.7 Å². The maximum Gasteiger partial charge on any atom is 0.217 e. The molecule has 2 rings (SSSR count). The molecular formula is C17H22ClNO2. The Bertz CT molecular complexity index is 645. The smallest absolute Gasteiger partial charge is 0.217 e. The predicted octanol–water partition coefficient (Wildman–Crippen LogP) is 4.78. The van der Waals surface area contributed by atoms with Crippen LogP contribution < -0.4 is 0 Å². The Morgan fingerprint density at radius 3 is 2.48 bits per heavy atom. The highest BCUT2D eigenvalue weighted by Crippen LogP contribution is 2.29. The largest absolute Gasteiger partial charge is 0.453 e. The second kappa shape index (κ2) is 6.20. The lowest BCUT2D eigenvalue weighted by atomic mass is 9.89. The van der Waals surface area contributed by atoms with E-state index in [9.17, 15) is 4.79 Å². The molecule has 0 radical (unpaired) electrons. The van der Waals surface area contributed by atoms with Crippen molar-refractivity contribution in [1.82, 2.24) is 4.90 Å². The SMILES string of the molecule is CCN(CC)C(C)(CC)C(=O)c1cc2cc(Cl)ccc2o1. The predicted molar refractivity (Wildman–Crippen MR) is 87.2 cm³/mol. The van der Waals surface area contributed by atoms with Crippen LogP contribution in [-0.4, -0.2) is 29.3 Å². The zero-order valence-corrected chi connectivity index (χ0v) is 13.8. The van der Waals surface area contributed by atoms with Gasteiger partial charge in [0.1, 0.15) is 5.58 Å². The lowest BCUT2D eigenvalue weighted by Gasteiger charge is -2.37. The quantitative estimate of drug-likeness (QED) is 0.720. The number of furan rings is 1. The Morgan fingerprint density at radius 1 is 1.24 bits per heavy atom. The summed E-state index contributed by atoms with van der Waals surface area (Å²) in [7, 11) is 0. The zero-order valence-electron chi connectivity index (χ0n) is 13.1. The van der Waals surface area contributed by atoms with Gasteiger partial charge < -0.3 is 4.42 Å². The fraction of sp³-hybridized carbons (Fsp3) is 0.471. The third-order valence-corrected chi connectivity index (χ3v) is 4.58. The highest BCUT2D eigenvalue weighted by Gasteiger charge is 2.38. The summed E-state index contributed by atoms with van der Waals surface area (Å²) in [5.74, 6) is 0.435. The van der Waals surface area contributed by atoms with E-state index in [2.05, 4.69) is 18.7 Å². The number of likely N-dealkylation sites (N-methyl/N-ethyl adjacent to an activating group) is 1. The van der Waals surface area contributed by atoms with E-state index in [1.54, 1.807) is 18.2 Å². The molecule has 114 valence electrons. The normalized spacial score (nSPS) is 14.6. The summed E-state index contributed by atoms with van der Waals surface area (Å²) in [5.41, 5.74) is 0.155. The summed E-state index contributed by atoms with van der Waals surface area (Å²) in [5, 5.41) is 1.51. The third kappa shape index (κ3) is 2.85. The number of nitrogens with zero attached hydrogens (tertiary/aromatic N) is 1. The van der Waals surface area contributed by atoms with E-state index in [1.807, 2.05) is 19.9 Å². The minimum Gasteiger partial charge on any atom is -0.453 e. The van der Waals surface area contributed by atoms with E-state index < -0.39 is 5.54 Å². The van der Waals surface area contributed by atoms with Gasteiger partial charge in [-0.25, -0.2) is 0 Å². The molecule has 1 aromatic heterocycles. The van der Waals surface area contributed by atoms with Gasteiger partial charge >= 0.3 is 0 Å². The molecule has 1 heterocycles. The molecule has 0 saturated heterocycles. The monoisotopic (exact) mass is 307 g/mol. The molecule has 0 saturated carbocycles. The van der Waals surface area contributed by atoms with Crippen molar-refractivity contribution in [2.24, 2.45) is 0 Å². The van der Waals surface area contributed by atoms with Gasteiger partial charge in [-0.1, -0.05) is 32.4 Å². The third-order valence-electron chi connectivity index (χ3n) is 4.34. The van der Waals surface area contributed by atoms with Gasteiger partial charge in [0.25, 0.3) is 0 Å². The van der Waals surface area contributed by atoms with Gasteiger partial charge in [-0.3, -0.25) is 9.69 Å². The Hall–Kier alpha value is -1.32. The molecular weight excluding hydrogens is 286 g/mol. The van der Waals surface area contributed by atoms with E-state index in [-0.39, 0.29) is 5.78 Å². The summed E-state index contributed by atoms with van der Waals surface area (Å²) in [6.07, 6.45) is 0.741. The Balaban J connectivity index is 2.44. The van der Waals surface area contributed by atoms with Gasteiger partial charge in [-0.2, -0.15) is 0 Å². The number of fused-ring (bicyclic) bond motifs is 1. The van der Waals surface area contributed by atoms with Crippen molar-refractivity contribution in [2.45, 2.75) is 39.7 Å². The average molecular weight is 308 g/mol. The number of hydrogen-bond donors (Lipinski definition) is 0. The van der Waals surface area contributed by atoms with Gasteiger partial charge in [-0.05, 0) is 50.7 Å². The number of carbonyl (C=O) groups excluding carboxylic acids is 1. The number of benzene rings is 1. The Labute approximate surface area is 130 Å². The number of rotatable bonds is 6. The van der Waals surface area contributed by atoms with Crippen molar-refractivity contribution in [3.8, 4) is 0 Å².